The average molecular weight is 477 g/mol. The normalized spacial score (nSPS) is 21.2. The number of fused-ring (bicyclic) bond motifs is 1. The van der Waals surface area contributed by atoms with Gasteiger partial charge in [0.2, 0.25) is 0 Å². The highest BCUT2D eigenvalue weighted by Gasteiger charge is 2.46. The maximum absolute atomic E-state index is 13.3. The molecular weight excluding hydrogens is 440 g/mol. The minimum absolute atomic E-state index is 0.0764. The number of ether oxygens (including phenoxy) is 1. The molecule has 6 nitrogen and oxygen atoms in total. The number of aliphatic hydroxyl groups excluding tert-OH is 1. The van der Waals surface area contributed by atoms with Crippen LogP contribution in [0.25, 0.3) is 5.76 Å². The van der Waals surface area contributed by atoms with Gasteiger partial charge in [0.05, 0.1) is 11.6 Å². The average Bonchev–Trinajstić information content (AvgIpc) is 3.35. The number of rotatable bonds is 8. The zero-order chi connectivity index (χ0) is 25.3. The van der Waals surface area contributed by atoms with E-state index in [1.807, 2.05) is 43.3 Å². The molecule has 0 saturated carbocycles. The summed E-state index contributed by atoms with van der Waals surface area (Å²) in [5, 5.41) is 11.4. The summed E-state index contributed by atoms with van der Waals surface area (Å²) in [4.78, 5) is 30.4. The number of nitrogens with zero attached hydrogens (tertiary/aromatic N) is 2. The Kier molecular flexibility index (Phi) is 7.31. The van der Waals surface area contributed by atoms with E-state index in [1.165, 1.54) is 5.56 Å². The lowest BCUT2D eigenvalue weighted by Gasteiger charge is -2.28. The quantitative estimate of drug-likeness (QED) is 0.334. The third-order valence-corrected chi connectivity index (χ3v) is 7.18. The van der Waals surface area contributed by atoms with E-state index in [0.29, 0.717) is 24.6 Å². The van der Waals surface area contributed by atoms with Crippen molar-refractivity contribution >= 4 is 17.4 Å². The first-order chi connectivity index (χ1) is 16.7. The van der Waals surface area contributed by atoms with Crippen LogP contribution in [0.1, 0.15) is 68.8 Å². The Bertz CT molecular complexity index is 1130. The van der Waals surface area contributed by atoms with Crippen LogP contribution < -0.4 is 4.74 Å². The number of carbonyl (C=O) groups excluding carboxylic acids is 2. The molecule has 2 heterocycles. The van der Waals surface area contributed by atoms with E-state index in [2.05, 4.69) is 32.6 Å². The first kappa shape index (κ1) is 25.0. The van der Waals surface area contributed by atoms with E-state index < -0.39 is 17.7 Å². The standard InChI is InChI=1S/C29H36N2O4/c1-6-30(7-2)14-15-31-26(21-10-8-20(9-11-21)18(3)4)25(28(33)29(31)34)27(32)22-12-13-24-23(17-22)16-19(5)35-24/h8-13,17-19,26,32H,6-7,14-16H2,1-5H3/t19-,26-/m0/s1. The van der Waals surface area contributed by atoms with E-state index in [-0.39, 0.29) is 17.4 Å². The fourth-order valence-electron chi connectivity index (χ4n) is 5.03. The number of benzene rings is 2. The van der Waals surface area contributed by atoms with Crippen molar-refractivity contribution in [3.05, 3.63) is 70.3 Å². The lowest BCUT2D eigenvalue weighted by molar-refractivity contribution is -0.140. The number of hydrogen-bond donors (Lipinski definition) is 1. The van der Waals surface area contributed by atoms with E-state index in [0.717, 1.165) is 36.4 Å². The van der Waals surface area contributed by atoms with E-state index in [9.17, 15) is 14.7 Å². The molecule has 0 unspecified atom stereocenters. The highest BCUT2D eigenvalue weighted by molar-refractivity contribution is 6.46. The second-order valence-electron chi connectivity index (χ2n) is 9.80. The Labute approximate surface area is 208 Å². The fraction of sp³-hybridized carbons (Fsp3) is 0.448. The van der Waals surface area contributed by atoms with Gasteiger partial charge in [0, 0.05) is 25.1 Å². The molecule has 1 fully saturated rings. The number of likely N-dealkylation sites (tertiary alicyclic amines) is 1. The van der Waals surface area contributed by atoms with Crippen molar-refractivity contribution in [2.45, 2.75) is 59.1 Å². The van der Waals surface area contributed by atoms with Gasteiger partial charge in [-0.15, -0.1) is 0 Å². The first-order valence-electron chi connectivity index (χ1n) is 12.7. The van der Waals surface area contributed by atoms with E-state index >= 15 is 0 Å². The fourth-order valence-corrected chi connectivity index (χ4v) is 5.03. The van der Waals surface area contributed by atoms with Gasteiger partial charge in [-0.25, -0.2) is 0 Å². The van der Waals surface area contributed by atoms with Crippen LogP contribution in [-0.4, -0.2) is 58.9 Å². The van der Waals surface area contributed by atoms with Crippen molar-refractivity contribution in [3.8, 4) is 5.75 Å². The van der Waals surface area contributed by atoms with Crippen molar-refractivity contribution < 1.29 is 19.4 Å². The lowest BCUT2D eigenvalue weighted by atomic mass is 9.92. The largest absolute Gasteiger partial charge is 0.507 e. The molecule has 0 aromatic heterocycles. The lowest BCUT2D eigenvalue weighted by Crippen LogP contribution is -2.38. The summed E-state index contributed by atoms with van der Waals surface area (Å²) in [5.41, 5.74) is 3.69. The molecule has 0 bridgehead atoms. The van der Waals surface area contributed by atoms with Gasteiger partial charge >= 0.3 is 0 Å². The number of ketones is 1. The predicted molar refractivity (Wildman–Crippen MR) is 138 cm³/mol. The second-order valence-corrected chi connectivity index (χ2v) is 9.80. The second kappa shape index (κ2) is 10.2. The van der Waals surface area contributed by atoms with Crippen LogP contribution in [0.4, 0.5) is 0 Å². The highest BCUT2D eigenvalue weighted by Crippen LogP contribution is 2.40. The minimum Gasteiger partial charge on any atom is -0.507 e. The SMILES string of the molecule is CCN(CC)CCN1C(=O)C(=O)C(=C(O)c2ccc3c(c2)C[C@H](C)O3)[C@@H]1c1ccc(C(C)C)cc1. The summed E-state index contributed by atoms with van der Waals surface area (Å²) in [5.74, 6) is -0.155. The summed E-state index contributed by atoms with van der Waals surface area (Å²) < 4.78 is 5.79. The summed E-state index contributed by atoms with van der Waals surface area (Å²) in [6.07, 6.45) is 0.821. The van der Waals surface area contributed by atoms with Crippen molar-refractivity contribution in [3.63, 3.8) is 0 Å². The molecule has 35 heavy (non-hydrogen) atoms. The number of hydrogen-bond acceptors (Lipinski definition) is 5. The number of carbonyl (C=O) groups is 2. The molecule has 1 N–H and O–H groups in total. The maximum Gasteiger partial charge on any atom is 0.295 e. The van der Waals surface area contributed by atoms with Gasteiger partial charge in [-0.05, 0) is 60.8 Å². The van der Waals surface area contributed by atoms with Crippen molar-refractivity contribution in [2.75, 3.05) is 26.2 Å². The van der Waals surface area contributed by atoms with Gasteiger partial charge in [0.25, 0.3) is 11.7 Å². The van der Waals surface area contributed by atoms with Crippen LogP contribution in [0, 0.1) is 0 Å². The monoisotopic (exact) mass is 476 g/mol. The number of Topliss-reactive ketones (excluding diaryl/α,β-unsaturated/α-hetero) is 1. The van der Waals surface area contributed by atoms with Crippen LogP contribution in [0.5, 0.6) is 5.75 Å². The zero-order valence-electron chi connectivity index (χ0n) is 21.4. The molecule has 4 rings (SSSR count). The molecule has 1 amide bonds. The zero-order valence-corrected chi connectivity index (χ0v) is 21.4. The van der Waals surface area contributed by atoms with Gasteiger partial charge in [-0.2, -0.15) is 0 Å². The van der Waals surface area contributed by atoms with Crippen LogP contribution in [0.2, 0.25) is 0 Å². The van der Waals surface area contributed by atoms with E-state index in [4.69, 9.17) is 4.74 Å². The molecule has 2 aliphatic rings. The molecule has 0 radical (unpaired) electrons. The number of aliphatic hydroxyl groups is 1. The predicted octanol–water partition coefficient (Wildman–Crippen LogP) is 4.90. The van der Waals surface area contributed by atoms with Crippen LogP contribution in [0.15, 0.2) is 48.0 Å². The van der Waals surface area contributed by atoms with Crippen LogP contribution in [0.3, 0.4) is 0 Å². The van der Waals surface area contributed by atoms with Gasteiger partial charge in [-0.1, -0.05) is 52.0 Å². The Hall–Kier alpha value is -3.12. The summed E-state index contributed by atoms with van der Waals surface area (Å²) in [7, 11) is 0. The first-order valence-corrected chi connectivity index (χ1v) is 12.7. The van der Waals surface area contributed by atoms with Gasteiger partial charge in [0.15, 0.2) is 0 Å². The minimum atomic E-state index is -0.634. The molecule has 2 aromatic rings. The Balaban J connectivity index is 1.78. The summed E-state index contributed by atoms with van der Waals surface area (Å²) >= 11 is 0. The van der Waals surface area contributed by atoms with E-state index in [1.54, 1.807) is 11.0 Å². The molecule has 2 aliphatic heterocycles. The molecule has 1 saturated heterocycles. The number of likely N-dealkylation sites (N-methyl/N-ethyl adjacent to an activating group) is 1. The smallest absolute Gasteiger partial charge is 0.295 e. The van der Waals surface area contributed by atoms with Gasteiger partial charge in [-0.3, -0.25) is 9.59 Å². The topological polar surface area (TPSA) is 70.1 Å². The Morgan fingerprint density at radius 1 is 1.11 bits per heavy atom. The van der Waals surface area contributed by atoms with Crippen molar-refractivity contribution in [2.24, 2.45) is 0 Å². The molecule has 186 valence electrons. The molecule has 0 aliphatic carbocycles. The van der Waals surface area contributed by atoms with Crippen LogP contribution >= 0.6 is 0 Å². The van der Waals surface area contributed by atoms with Crippen LogP contribution in [-0.2, 0) is 16.0 Å². The highest BCUT2D eigenvalue weighted by atomic mass is 16.5. The molecular formula is C29H36N2O4. The van der Waals surface area contributed by atoms with Crippen molar-refractivity contribution in [1.82, 2.24) is 9.80 Å². The third-order valence-electron chi connectivity index (χ3n) is 7.18. The Morgan fingerprint density at radius 2 is 1.80 bits per heavy atom. The van der Waals surface area contributed by atoms with Crippen molar-refractivity contribution in [1.29, 1.82) is 0 Å². The summed E-state index contributed by atoms with van der Waals surface area (Å²) in [6.45, 7) is 13.2. The third kappa shape index (κ3) is 4.85. The number of amides is 1. The molecule has 0 spiro atoms. The van der Waals surface area contributed by atoms with Gasteiger partial charge in [0.1, 0.15) is 17.6 Å². The maximum atomic E-state index is 13.3. The van der Waals surface area contributed by atoms with Gasteiger partial charge < -0.3 is 19.6 Å². The Morgan fingerprint density at radius 3 is 2.43 bits per heavy atom. The molecule has 2 aromatic carbocycles. The molecule has 2 atom stereocenters. The summed E-state index contributed by atoms with van der Waals surface area (Å²) in [6, 6.07) is 12.9. The molecule has 6 heteroatoms.